The van der Waals surface area contributed by atoms with Crippen LogP contribution in [0.1, 0.15) is 0 Å². The molecule has 0 atom stereocenters. The summed E-state index contributed by atoms with van der Waals surface area (Å²) in [4.78, 5) is 1.07. The number of hydrogen-bond donors (Lipinski definition) is 0. The molecule has 0 unspecified atom stereocenters. The first-order chi connectivity index (χ1) is 4.72. The molecule has 0 saturated heterocycles. The first-order valence-corrected chi connectivity index (χ1v) is 4.76. The molecule has 0 aromatic heterocycles. The Morgan fingerprint density at radius 1 is 1.40 bits per heavy atom. The minimum absolute atomic E-state index is 0.737. The van der Waals surface area contributed by atoms with Crippen LogP contribution >= 0.6 is 39.3 Å². The highest BCUT2D eigenvalue weighted by Gasteiger charge is 1.94. The van der Waals surface area contributed by atoms with Crippen LogP contribution in [0.4, 0.5) is 0 Å². The summed E-state index contributed by atoms with van der Waals surface area (Å²) >= 11 is 10.5. The standard InChI is InChI=1S/C7H5BrClS/c1-10-7-3-5(8)2-6(9)4-7/h2-4H,1H2. The molecule has 0 heterocycles. The molecule has 0 spiro atoms. The molecule has 1 aromatic carbocycles. The SMILES string of the molecule is [CH2]Sc1cc(Cl)cc(Br)c1. The van der Waals surface area contributed by atoms with Crippen LogP contribution in [-0.2, 0) is 0 Å². The van der Waals surface area contributed by atoms with Gasteiger partial charge in [0.05, 0.1) is 0 Å². The zero-order valence-electron chi connectivity index (χ0n) is 5.10. The summed E-state index contributed by atoms with van der Waals surface area (Å²) in [7, 11) is 0. The van der Waals surface area contributed by atoms with Crippen LogP contribution in [-0.4, -0.2) is 0 Å². The molecule has 1 aromatic rings. The fourth-order valence-corrected chi connectivity index (χ4v) is 2.11. The van der Waals surface area contributed by atoms with E-state index in [2.05, 4.69) is 22.2 Å². The van der Waals surface area contributed by atoms with E-state index < -0.39 is 0 Å². The lowest BCUT2D eigenvalue weighted by Gasteiger charge is -1.97. The van der Waals surface area contributed by atoms with Gasteiger partial charge in [0.1, 0.15) is 0 Å². The van der Waals surface area contributed by atoms with Gasteiger partial charge in [-0.05, 0) is 18.2 Å². The van der Waals surface area contributed by atoms with E-state index in [-0.39, 0.29) is 0 Å². The average Bonchev–Trinajstić information content (AvgIpc) is 1.85. The van der Waals surface area contributed by atoms with E-state index in [1.54, 1.807) is 0 Å². The van der Waals surface area contributed by atoms with E-state index in [0.717, 1.165) is 14.4 Å². The van der Waals surface area contributed by atoms with E-state index >= 15 is 0 Å². The molecule has 53 valence electrons. The summed E-state index contributed by atoms with van der Waals surface area (Å²) in [5, 5.41) is 0.737. The third-order valence-electron chi connectivity index (χ3n) is 1.00. The highest BCUT2D eigenvalue weighted by molar-refractivity contribution is 9.10. The Hall–Kier alpha value is 0.340. The molecule has 0 nitrogen and oxygen atoms in total. The Kier molecular flexibility index (Phi) is 3.08. The topological polar surface area (TPSA) is 0 Å². The van der Waals surface area contributed by atoms with Crippen molar-refractivity contribution in [1.29, 1.82) is 0 Å². The van der Waals surface area contributed by atoms with Gasteiger partial charge in [0, 0.05) is 20.6 Å². The maximum Gasteiger partial charge on any atom is 0.0428 e. The minimum Gasteiger partial charge on any atom is -0.125 e. The molecule has 3 heteroatoms. The fraction of sp³-hybridized carbons (Fsp3) is 0. The molecule has 0 bridgehead atoms. The van der Waals surface area contributed by atoms with E-state index in [1.165, 1.54) is 11.8 Å². The molecule has 0 fully saturated rings. The maximum absolute atomic E-state index is 5.76. The highest BCUT2D eigenvalue weighted by Crippen LogP contribution is 2.25. The summed E-state index contributed by atoms with van der Waals surface area (Å²) < 4.78 is 0.992. The van der Waals surface area contributed by atoms with Gasteiger partial charge in [-0.15, -0.1) is 11.8 Å². The van der Waals surface area contributed by atoms with Gasteiger partial charge >= 0.3 is 0 Å². The second-order valence-electron chi connectivity index (χ2n) is 1.75. The normalized spacial score (nSPS) is 9.90. The lowest BCUT2D eigenvalue weighted by molar-refractivity contribution is 1.44. The fourth-order valence-electron chi connectivity index (χ4n) is 0.612. The van der Waals surface area contributed by atoms with Crippen molar-refractivity contribution in [2.24, 2.45) is 0 Å². The van der Waals surface area contributed by atoms with Gasteiger partial charge in [0.25, 0.3) is 0 Å². The molecular formula is C7H5BrClS. The Labute approximate surface area is 78.1 Å². The van der Waals surface area contributed by atoms with Crippen LogP contribution in [0.3, 0.4) is 0 Å². The Morgan fingerprint density at radius 3 is 2.60 bits per heavy atom. The number of benzene rings is 1. The third kappa shape index (κ3) is 2.19. The third-order valence-corrected chi connectivity index (χ3v) is 2.25. The van der Waals surface area contributed by atoms with Crippen molar-refractivity contribution in [3.63, 3.8) is 0 Å². The second kappa shape index (κ2) is 3.65. The Balaban J connectivity index is 3.06. The number of rotatable bonds is 1. The second-order valence-corrected chi connectivity index (χ2v) is 3.86. The van der Waals surface area contributed by atoms with Crippen LogP contribution in [0.5, 0.6) is 0 Å². The molecule has 0 N–H and O–H groups in total. The van der Waals surface area contributed by atoms with Crippen molar-refractivity contribution in [3.05, 3.63) is 34.0 Å². The molecule has 10 heavy (non-hydrogen) atoms. The monoisotopic (exact) mass is 235 g/mol. The molecule has 1 radical (unpaired) electrons. The number of halogens is 2. The van der Waals surface area contributed by atoms with Crippen molar-refractivity contribution < 1.29 is 0 Å². The minimum atomic E-state index is 0.737. The van der Waals surface area contributed by atoms with Crippen LogP contribution in [0, 0.1) is 6.26 Å². The van der Waals surface area contributed by atoms with E-state index in [9.17, 15) is 0 Å². The summed E-state index contributed by atoms with van der Waals surface area (Å²) in [5.74, 6) is 0. The molecule has 0 saturated carbocycles. The van der Waals surface area contributed by atoms with Crippen LogP contribution < -0.4 is 0 Å². The number of hydrogen-bond acceptors (Lipinski definition) is 1. The molecule has 0 aliphatic heterocycles. The predicted molar refractivity (Wildman–Crippen MR) is 50.4 cm³/mol. The van der Waals surface area contributed by atoms with E-state index in [1.807, 2.05) is 18.2 Å². The summed E-state index contributed by atoms with van der Waals surface area (Å²) in [6, 6.07) is 5.70. The van der Waals surface area contributed by atoms with Crippen molar-refractivity contribution >= 4 is 39.3 Å². The largest absolute Gasteiger partial charge is 0.125 e. The lowest BCUT2D eigenvalue weighted by atomic mass is 10.4. The molecule has 1 rings (SSSR count). The van der Waals surface area contributed by atoms with Crippen molar-refractivity contribution in [3.8, 4) is 0 Å². The zero-order valence-corrected chi connectivity index (χ0v) is 8.26. The molecule has 0 aliphatic rings. The van der Waals surface area contributed by atoms with Crippen LogP contribution in [0.15, 0.2) is 27.6 Å². The lowest BCUT2D eigenvalue weighted by Crippen LogP contribution is -1.69. The smallest absolute Gasteiger partial charge is 0.0428 e. The summed E-state index contributed by atoms with van der Waals surface area (Å²) in [6.45, 7) is 0. The average molecular weight is 237 g/mol. The molecular weight excluding hydrogens is 232 g/mol. The van der Waals surface area contributed by atoms with Gasteiger partial charge in [-0.25, -0.2) is 0 Å². The van der Waals surface area contributed by atoms with Crippen LogP contribution in [0.2, 0.25) is 5.02 Å². The van der Waals surface area contributed by atoms with Crippen molar-refractivity contribution in [2.45, 2.75) is 4.90 Å². The van der Waals surface area contributed by atoms with Gasteiger partial charge in [-0.1, -0.05) is 27.5 Å². The van der Waals surface area contributed by atoms with Gasteiger partial charge < -0.3 is 0 Å². The maximum atomic E-state index is 5.76. The number of thioether (sulfide) groups is 1. The van der Waals surface area contributed by atoms with Crippen molar-refractivity contribution in [1.82, 2.24) is 0 Å². The highest BCUT2D eigenvalue weighted by atomic mass is 79.9. The van der Waals surface area contributed by atoms with Gasteiger partial charge in [0.15, 0.2) is 0 Å². The Morgan fingerprint density at radius 2 is 2.10 bits per heavy atom. The van der Waals surface area contributed by atoms with Gasteiger partial charge in [0.2, 0.25) is 0 Å². The summed E-state index contributed by atoms with van der Waals surface area (Å²) in [5.41, 5.74) is 0. The first-order valence-electron chi connectivity index (χ1n) is 2.60. The van der Waals surface area contributed by atoms with Gasteiger partial charge in [-0.3, -0.25) is 0 Å². The predicted octanol–water partition coefficient (Wildman–Crippen LogP) is 3.99. The molecule has 0 amide bonds. The zero-order chi connectivity index (χ0) is 7.56. The van der Waals surface area contributed by atoms with E-state index in [4.69, 9.17) is 11.6 Å². The first kappa shape index (κ1) is 8.44. The van der Waals surface area contributed by atoms with Crippen LogP contribution in [0.25, 0.3) is 0 Å². The van der Waals surface area contributed by atoms with Crippen molar-refractivity contribution in [2.75, 3.05) is 0 Å². The molecule has 0 aliphatic carbocycles. The Bertz CT molecular complexity index is 217. The quantitative estimate of drug-likeness (QED) is 0.665. The van der Waals surface area contributed by atoms with Gasteiger partial charge in [-0.2, -0.15) is 0 Å². The van der Waals surface area contributed by atoms with E-state index in [0.29, 0.717) is 0 Å². The summed E-state index contributed by atoms with van der Waals surface area (Å²) in [6.07, 6.45) is 3.68.